The molecule has 6 heteroatoms. The lowest BCUT2D eigenvalue weighted by molar-refractivity contribution is 1.03. The smallest absolute Gasteiger partial charge is 0.225 e. The molecule has 0 bridgehead atoms. The van der Waals surface area contributed by atoms with E-state index in [2.05, 4.69) is 26.1 Å². The van der Waals surface area contributed by atoms with Crippen LogP contribution in [-0.4, -0.2) is 14.8 Å². The minimum atomic E-state index is 0.353. The molecular weight excluding hydrogens is 276 g/mol. The maximum atomic E-state index is 5.73. The van der Waals surface area contributed by atoms with Gasteiger partial charge in [-0.25, -0.2) is 5.10 Å². The molecule has 15 heavy (non-hydrogen) atoms. The maximum absolute atomic E-state index is 5.73. The molecule has 0 aliphatic rings. The number of anilines is 1. The summed E-state index contributed by atoms with van der Waals surface area (Å²) in [5, 5.41) is 6.52. The average molecular weight is 285 g/mol. The Labute approximate surface area is 100 Å². The lowest BCUT2D eigenvalue weighted by Gasteiger charge is -2.08. The number of hydrogen-bond donors (Lipinski definition) is 2. The van der Waals surface area contributed by atoms with Crippen molar-refractivity contribution in [3.63, 3.8) is 0 Å². The molecule has 0 amide bonds. The molecule has 0 atom stereocenters. The molecule has 0 spiro atoms. The number of rotatable bonds is 1. The van der Waals surface area contributed by atoms with E-state index in [9.17, 15) is 0 Å². The van der Waals surface area contributed by atoms with Crippen molar-refractivity contribution in [1.82, 2.24) is 14.8 Å². The Morgan fingerprint density at radius 2 is 2.27 bits per heavy atom. The number of nitrogen functional groups attached to an aromatic ring is 1. The first-order valence-electron chi connectivity index (χ1n) is 4.29. The highest BCUT2D eigenvalue weighted by atomic mass is 79.9. The van der Waals surface area contributed by atoms with Crippen LogP contribution in [0, 0.1) is 11.7 Å². The number of benzene rings is 1. The maximum Gasteiger partial charge on any atom is 0.225 e. The Bertz CT molecular complexity index is 557. The predicted octanol–water partition coefficient (Wildman–Crippen LogP) is 2.58. The largest absolute Gasteiger partial charge is 0.368 e. The van der Waals surface area contributed by atoms with Gasteiger partial charge >= 0.3 is 0 Å². The molecule has 78 valence electrons. The highest BCUT2D eigenvalue weighted by Gasteiger charge is 2.09. The Morgan fingerprint density at radius 1 is 1.53 bits per heavy atom. The molecule has 1 aromatic heterocycles. The summed E-state index contributed by atoms with van der Waals surface area (Å²) >= 11 is 8.61. The summed E-state index contributed by atoms with van der Waals surface area (Å²) in [6, 6.07) is 5.88. The van der Waals surface area contributed by atoms with Gasteiger partial charge in [-0.1, -0.05) is 12.1 Å². The molecule has 4 nitrogen and oxygen atoms in total. The molecule has 0 aliphatic carbocycles. The lowest BCUT2D eigenvalue weighted by Crippen LogP contribution is -2.02. The summed E-state index contributed by atoms with van der Waals surface area (Å²) in [6.45, 7) is 2.01. The Kier molecular flexibility index (Phi) is 2.62. The number of nitrogens with one attached hydrogen (secondary N) is 1. The monoisotopic (exact) mass is 284 g/mol. The van der Waals surface area contributed by atoms with Gasteiger partial charge in [0.2, 0.25) is 10.7 Å². The van der Waals surface area contributed by atoms with E-state index in [1.165, 1.54) is 0 Å². The number of hydrogen-bond acceptors (Lipinski definition) is 3. The molecule has 1 heterocycles. The van der Waals surface area contributed by atoms with E-state index in [0.717, 1.165) is 15.7 Å². The summed E-state index contributed by atoms with van der Waals surface area (Å²) in [6.07, 6.45) is 0. The van der Waals surface area contributed by atoms with E-state index in [4.69, 9.17) is 18.0 Å². The Balaban J connectivity index is 2.75. The van der Waals surface area contributed by atoms with Gasteiger partial charge in [0.1, 0.15) is 0 Å². The number of halogens is 1. The summed E-state index contributed by atoms with van der Waals surface area (Å²) in [5.74, 6) is 0.353. The van der Waals surface area contributed by atoms with Crippen LogP contribution in [0.5, 0.6) is 0 Å². The molecule has 0 saturated carbocycles. The van der Waals surface area contributed by atoms with Gasteiger partial charge in [0, 0.05) is 4.47 Å². The summed E-state index contributed by atoms with van der Waals surface area (Å²) in [4.78, 5) is 0. The highest BCUT2D eigenvalue weighted by molar-refractivity contribution is 9.10. The lowest BCUT2D eigenvalue weighted by atomic mass is 10.2. The second-order valence-corrected chi connectivity index (χ2v) is 4.31. The molecule has 2 rings (SSSR count). The van der Waals surface area contributed by atoms with Crippen LogP contribution in [0.3, 0.4) is 0 Å². The molecule has 0 saturated heterocycles. The van der Waals surface area contributed by atoms with Crippen molar-refractivity contribution in [2.45, 2.75) is 6.92 Å². The van der Waals surface area contributed by atoms with Crippen molar-refractivity contribution in [2.75, 3.05) is 5.73 Å². The summed E-state index contributed by atoms with van der Waals surface area (Å²) in [5.41, 5.74) is 7.74. The number of nitrogens with zero attached hydrogens (tertiary/aromatic N) is 2. The van der Waals surface area contributed by atoms with Crippen LogP contribution in [0.4, 0.5) is 5.95 Å². The third kappa shape index (κ3) is 1.70. The predicted molar refractivity (Wildman–Crippen MR) is 65.6 cm³/mol. The normalized spacial score (nSPS) is 10.5. The fourth-order valence-corrected chi connectivity index (χ4v) is 2.03. The second-order valence-electron chi connectivity index (χ2n) is 3.13. The van der Waals surface area contributed by atoms with Gasteiger partial charge in [0.05, 0.1) is 5.69 Å². The van der Waals surface area contributed by atoms with E-state index >= 15 is 0 Å². The zero-order valence-electron chi connectivity index (χ0n) is 7.99. The first-order chi connectivity index (χ1) is 7.11. The van der Waals surface area contributed by atoms with Crippen molar-refractivity contribution in [2.24, 2.45) is 0 Å². The van der Waals surface area contributed by atoms with Crippen LogP contribution < -0.4 is 5.73 Å². The third-order valence-corrected chi connectivity index (χ3v) is 3.42. The van der Waals surface area contributed by atoms with E-state index < -0.39 is 0 Å². The zero-order chi connectivity index (χ0) is 11.0. The first-order valence-corrected chi connectivity index (χ1v) is 5.50. The SMILES string of the molecule is Cc1cccc(-n2c(N)n[nH]c2=S)c1Br. The number of H-pyrrole nitrogens is 1. The van der Waals surface area contributed by atoms with Gasteiger partial charge in [0.25, 0.3) is 0 Å². The molecule has 0 fully saturated rings. The van der Waals surface area contributed by atoms with Crippen molar-refractivity contribution >= 4 is 34.1 Å². The number of aromatic amines is 1. The summed E-state index contributed by atoms with van der Waals surface area (Å²) < 4.78 is 3.14. The molecular formula is C9H9BrN4S. The van der Waals surface area contributed by atoms with Gasteiger partial charge in [-0.2, -0.15) is 0 Å². The van der Waals surface area contributed by atoms with Crippen molar-refractivity contribution < 1.29 is 0 Å². The number of aryl methyl sites for hydroxylation is 1. The van der Waals surface area contributed by atoms with Crippen LogP contribution in [0.1, 0.15) is 5.56 Å². The molecule has 1 aromatic carbocycles. The standard InChI is InChI=1S/C9H9BrN4S/c1-5-3-2-4-6(7(5)10)14-8(11)12-13-9(14)15/h2-4H,1H3,(H2,11,12)(H,13,15). The zero-order valence-corrected chi connectivity index (χ0v) is 10.4. The van der Waals surface area contributed by atoms with Crippen LogP contribution in [0.2, 0.25) is 0 Å². The van der Waals surface area contributed by atoms with Crippen LogP contribution in [0.15, 0.2) is 22.7 Å². The minimum Gasteiger partial charge on any atom is -0.368 e. The number of nitrogens with two attached hydrogens (primary N) is 1. The quantitative estimate of drug-likeness (QED) is 0.792. The van der Waals surface area contributed by atoms with E-state index in [1.807, 2.05) is 25.1 Å². The van der Waals surface area contributed by atoms with Gasteiger partial charge in [0.15, 0.2) is 0 Å². The van der Waals surface area contributed by atoms with E-state index in [-0.39, 0.29) is 0 Å². The fourth-order valence-electron chi connectivity index (χ4n) is 1.35. The van der Waals surface area contributed by atoms with Gasteiger partial charge in [-0.3, -0.25) is 4.57 Å². The molecule has 3 N–H and O–H groups in total. The van der Waals surface area contributed by atoms with Gasteiger partial charge in [-0.05, 0) is 46.7 Å². The van der Waals surface area contributed by atoms with E-state index in [1.54, 1.807) is 4.57 Å². The minimum absolute atomic E-state index is 0.353. The molecule has 0 unspecified atom stereocenters. The van der Waals surface area contributed by atoms with Gasteiger partial charge < -0.3 is 5.73 Å². The Hall–Kier alpha value is -1.14. The van der Waals surface area contributed by atoms with E-state index in [0.29, 0.717) is 10.7 Å². The second kappa shape index (κ2) is 3.79. The van der Waals surface area contributed by atoms with Crippen LogP contribution in [-0.2, 0) is 0 Å². The van der Waals surface area contributed by atoms with Gasteiger partial charge in [-0.15, -0.1) is 5.10 Å². The third-order valence-electron chi connectivity index (χ3n) is 2.11. The topological polar surface area (TPSA) is 59.6 Å². The van der Waals surface area contributed by atoms with Crippen molar-refractivity contribution in [1.29, 1.82) is 0 Å². The summed E-state index contributed by atoms with van der Waals surface area (Å²) in [7, 11) is 0. The molecule has 2 aromatic rings. The Morgan fingerprint density at radius 3 is 2.87 bits per heavy atom. The average Bonchev–Trinajstić information content (AvgIpc) is 2.52. The number of aromatic nitrogens is 3. The van der Waals surface area contributed by atoms with Crippen LogP contribution in [0.25, 0.3) is 5.69 Å². The van der Waals surface area contributed by atoms with Crippen molar-refractivity contribution in [3.8, 4) is 5.69 Å². The fraction of sp³-hybridized carbons (Fsp3) is 0.111. The molecule has 0 radical (unpaired) electrons. The molecule has 0 aliphatic heterocycles. The first kappa shape index (κ1) is 10.4. The highest BCUT2D eigenvalue weighted by Crippen LogP contribution is 2.26. The van der Waals surface area contributed by atoms with Crippen molar-refractivity contribution in [3.05, 3.63) is 33.0 Å². The van der Waals surface area contributed by atoms with Crippen LogP contribution >= 0.6 is 28.1 Å².